The third kappa shape index (κ3) is 5.55. The molecule has 160 valence electrons. The topological polar surface area (TPSA) is 38.3 Å². The number of amides is 1. The molecule has 1 N–H and O–H groups in total. The summed E-state index contributed by atoms with van der Waals surface area (Å²) in [4.78, 5) is 12.0. The van der Waals surface area contributed by atoms with Crippen LogP contribution in [0.5, 0.6) is 5.75 Å². The van der Waals surface area contributed by atoms with Crippen molar-refractivity contribution >= 4 is 5.91 Å². The Kier molecular flexibility index (Phi) is 7.15. The van der Waals surface area contributed by atoms with Crippen LogP contribution < -0.4 is 10.1 Å². The van der Waals surface area contributed by atoms with E-state index in [1.165, 1.54) is 75.3 Å². The van der Waals surface area contributed by atoms with E-state index < -0.39 is 0 Å². The summed E-state index contributed by atoms with van der Waals surface area (Å²) in [6.45, 7) is 2.45. The molecular weight excluding hydrogens is 358 g/mol. The molecule has 2 saturated carbocycles. The van der Waals surface area contributed by atoms with Crippen molar-refractivity contribution in [2.24, 2.45) is 17.8 Å². The first kappa shape index (κ1) is 20.8. The second-order valence-corrected chi connectivity index (χ2v) is 9.75. The van der Waals surface area contributed by atoms with Gasteiger partial charge in [-0.2, -0.15) is 0 Å². The van der Waals surface area contributed by atoms with Gasteiger partial charge in [-0.3, -0.25) is 4.79 Å². The van der Waals surface area contributed by atoms with E-state index in [1.807, 2.05) is 0 Å². The normalized spacial score (nSPS) is 25.3. The number of ether oxygens (including phenoxy) is 1. The maximum Gasteiger partial charge on any atom is 0.258 e. The SMILES string of the molecule is CCCCCCCCC1CCC2Cc3c(cccc3OCC(=O)NC3CC3)CC12. The Morgan fingerprint density at radius 3 is 2.69 bits per heavy atom. The van der Waals surface area contributed by atoms with E-state index in [0.717, 1.165) is 42.8 Å². The Balaban J connectivity index is 1.29. The van der Waals surface area contributed by atoms with Gasteiger partial charge in [0.25, 0.3) is 5.91 Å². The highest BCUT2D eigenvalue weighted by Crippen LogP contribution is 2.48. The van der Waals surface area contributed by atoms with Crippen molar-refractivity contribution in [3.63, 3.8) is 0 Å². The van der Waals surface area contributed by atoms with Gasteiger partial charge in [0.15, 0.2) is 6.61 Å². The number of nitrogens with one attached hydrogen (secondary N) is 1. The molecule has 3 aliphatic rings. The van der Waals surface area contributed by atoms with Crippen molar-refractivity contribution in [2.75, 3.05) is 6.61 Å². The van der Waals surface area contributed by atoms with Crippen molar-refractivity contribution < 1.29 is 9.53 Å². The molecule has 1 aromatic rings. The van der Waals surface area contributed by atoms with Crippen LogP contribution in [-0.4, -0.2) is 18.6 Å². The molecule has 3 nitrogen and oxygen atoms in total. The van der Waals surface area contributed by atoms with Gasteiger partial charge >= 0.3 is 0 Å². The molecule has 3 atom stereocenters. The van der Waals surface area contributed by atoms with Crippen molar-refractivity contribution in [3.05, 3.63) is 29.3 Å². The van der Waals surface area contributed by atoms with Gasteiger partial charge in [-0.25, -0.2) is 0 Å². The van der Waals surface area contributed by atoms with Gasteiger partial charge in [-0.05, 0) is 73.5 Å². The van der Waals surface area contributed by atoms with Crippen molar-refractivity contribution in [1.29, 1.82) is 0 Å². The lowest BCUT2D eigenvalue weighted by Gasteiger charge is -2.32. The monoisotopic (exact) mass is 397 g/mol. The first-order valence-electron chi connectivity index (χ1n) is 12.3. The lowest BCUT2D eigenvalue weighted by atomic mass is 9.73. The molecule has 3 heteroatoms. The van der Waals surface area contributed by atoms with Gasteiger partial charge in [0.1, 0.15) is 5.75 Å². The Hall–Kier alpha value is -1.51. The molecule has 0 heterocycles. The zero-order chi connectivity index (χ0) is 20.1. The molecule has 2 fully saturated rings. The van der Waals surface area contributed by atoms with E-state index in [-0.39, 0.29) is 12.5 Å². The lowest BCUT2D eigenvalue weighted by Crippen LogP contribution is -2.31. The summed E-state index contributed by atoms with van der Waals surface area (Å²) in [5.41, 5.74) is 2.86. The quantitative estimate of drug-likeness (QED) is 0.477. The Bertz CT molecular complexity index is 681. The second-order valence-electron chi connectivity index (χ2n) is 9.75. The van der Waals surface area contributed by atoms with Crippen LogP contribution in [0.15, 0.2) is 18.2 Å². The van der Waals surface area contributed by atoms with Crippen molar-refractivity contribution in [1.82, 2.24) is 5.32 Å². The minimum atomic E-state index is 0.0265. The van der Waals surface area contributed by atoms with E-state index >= 15 is 0 Å². The average molecular weight is 398 g/mol. The maximum absolute atomic E-state index is 12.0. The summed E-state index contributed by atoms with van der Waals surface area (Å²) < 4.78 is 5.97. The van der Waals surface area contributed by atoms with Crippen LogP contribution in [0.25, 0.3) is 0 Å². The molecule has 3 unspecified atom stereocenters. The van der Waals surface area contributed by atoms with Gasteiger partial charge in [0, 0.05) is 6.04 Å². The average Bonchev–Trinajstić information content (AvgIpc) is 3.46. The first-order chi connectivity index (χ1) is 14.2. The molecule has 3 aliphatic carbocycles. The Morgan fingerprint density at radius 2 is 1.86 bits per heavy atom. The van der Waals surface area contributed by atoms with Gasteiger partial charge in [0.2, 0.25) is 0 Å². The summed E-state index contributed by atoms with van der Waals surface area (Å²) in [5.74, 6) is 3.59. The number of hydrogen-bond donors (Lipinski definition) is 1. The molecule has 0 bridgehead atoms. The fourth-order valence-electron chi connectivity index (χ4n) is 5.70. The van der Waals surface area contributed by atoms with Crippen LogP contribution in [0.3, 0.4) is 0 Å². The fourth-order valence-corrected chi connectivity index (χ4v) is 5.70. The predicted molar refractivity (Wildman–Crippen MR) is 118 cm³/mol. The van der Waals surface area contributed by atoms with Crippen LogP contribution in [0.2, 0.25) is 0 Å². The molecule has 0 radical (unpaired) electrons. The van der Waals surface area contributed by atoms with Gasteiger partial charge in [-0.1, -0.05) is 64.0 Å². The molecule has 4 rings (SSSR count). The van der Waals surface area contributed by atoms with Crippen molar-refractivity contribution in [2.45, 2.75) is 96.4 Å². The van der Waals surface area contributed by atoms with E-state index in [4.69, 9.17) is 4.74 Å². The van der Waals surface area contributed by atoms with Gasteiger partial charge < -0.3 is 10.1 Å². The summed E-state index contributed by atoms with van der Waals surface area (Å²) in [6, 6.07) is 6.87. The maximum atomic E-state index is 12.0. The van der Waals surface area contributed by atoms with E-state index in [0.29, 0.717) is 6.04 Å². The molecule has 1 aromatic carbocycles. The van der Waals surface area contributed by atoms with E-state index in [9.17, 15) is 4.79 Å². The zero-order valence-corrected chi connectivity index (χ0v) is 18.3. The summed E-state index contributed by atoms with van der Waals surface area (Å²) in [5, 5.41) is 3.02. The van der Waals surface area contributed by atoms with Gasteiger partial charge in [-0.15, -0.1) is 0 Å². The molecule has 0 aromatic heterocycles. The summed E-state index contributed by atoms with van der Waals surface area (Å²) in [6.07, 6.45) is 17.2. The third-order valence-electron chi connectivity index (χ3n) is 7.50. The predicted octanol–water partition coefficient (Wildman–Crippen LogP) is 5.84. The largest absolute Gasteiger partial charge is 0.483 e. The van der Waals surface area contributed by atoms with Gasteiger partial charge in [0.05, 0.1) is 0 Å². The number of rotatable bonds is 11. The molecule has 1 amide bonds. The van der Waals surface area contributed by atoms with Crippen LogP contribution >= 0.6 is 0 Å². The summed E-state index contributed by atoms with van der Waals surface area (Å²) >= 11 is 0. The van der Waals surface area contributed by atoms with Crippen LogP contribution in [0.1, 0.15) is 88.7 Å². The smallest absolute Gasteiger partial charge is 0.258 e. The standard InChI is InChI=1S/C26H39NO2/c1-2-3-4-5-6-7-9-19-12-13-21-17-24-20(16-23(19)21)10-8-11-25(24)29-18-26(28)27-22-14-15-22/h8,10-11,19,21-23H,2-7,9,12-18H2,1H3,(H,27,28). The lowest BCUT2D eigenvalue weighted by molar-refractivity contribution is -0.123. The molecule has 0 aliphatic heterocycles. The fraction of sp³-hybridized carbons (Fsp3) is 0.731. The highest BCUT2D eigenvalue weighted by molar-refractivity contribution is 5.78. The molecule has 0 spiro atoms. The number of hydrogen-bond acceptors (Lipinski definition) is 2. The number of benzene rings is 1. The number of unbranched alkanes of at least 4 members (excludes halogenated alkanes) is 5. The molecular formula is C26H39NO2. The highest BCUT2D eigenvalue weighted by atomic mass is 16.5. The Labute approximate surface area is 177 Å². The number of fused-ring (bicyclic) bond motifs is 2. The summed E-state index contributed by atoms with van der Waals surface area (Å²) in [7, 11) is 0. The van der Waals surface area contributed by atoms with Crippen LogP contribution in [0.4, 0.5) is 0 Å². The minimum Gasteiger partial charge on any atom is -0.483 e. The zero-order valence-electron chi connectivity index (χ0n) is 18.3. The molecule has 0 saturated heterocycles. The third-order valence-corrected chi connectivity index (χ3v) is 7.50. The first-order valence-corrected chi connectivity index (χ1v) is 12.3. The molecule has 29 heavy (non-hydrogen) atoms. The number of carbonyl (C=O) groups excluding carboxylic acids is 1. The van der Waals surface area contributed by atoms with Crippen LogP contribution in [0, 0.1) is 17.8 Å². The van der Waals surface area contributed by atoms with E-state index in [2.05, 4.69) is 30.4 Å². The van der Waals surface area contributed by atoms with Crippen LogP contribution in [-0.2, 0) is 17.6 Å². The minimum absolute atomic E-state index is 0.0265. The highest BCUT2D eigenvalue weighted by Gasteiger charge is 2.39. The number of carbonyl (C=O) groups is 1. The Morgan fingerprint density at radius 1 is 1.03 bits per heavy atom. The van der Waals surface area contributed by atoms with E-state index in [1.54, 1.807) is 0 Å². The second kappa shape index (κ2) is 10.00. The van der Waals surface area contributed by atoms with Crippen molar-refractivity contribution in [3.8, 4) is 5.75 Å².